The van der Waals surface area contributed by atoms with Crippen LogP contribution in [0.15, 0.2) is 37.1 Å². The molecule has 2 aromatic heterocycles. The topological polar surface area (TPSA) is 93.7 Å². The predicted octanol–water partition coefficient (Wildman–Crippen LogP) is 2.64. The number of nitrogens with zero attached hydrogens (tertiary/aromatic N) is 3. The van der Waals surface area contributed by atoms with Crippen LogP contribution in [0.25, 0.3) is 11.3 Å². The van der Waals surface area contributed by atoms with E-state index in [4.69, 9.17) is 21.1 Å². The average Bonchev–Trinajstić information content (AvgIpc) is 2.77. The van der Waals surface area contributed by atoms with Gasteiger partial charge in [-0.1, -0.05) is 18.2 Å². The zero-order valence-electron chi connectivity index (χ0n) is 17.0. The lowest BCUT2D eigenvalue weighted by atomic mass is 9.99. The highest BCUT2D eigenvalue weighted by atomic mass is 35.5. The molecule has 1 fully saturated rings. The highest BCUT2D eigenvalue weighted by Crippen LogP contribution is 2.35. The lowest BCUT2D eigenvalue weighted by Gasteiger charge is -2.39. The van der Waals surface area contributed by atoms with Gasteiger partial charge in [-0.2, -0.15) is 0 Å². The number of amides is 2. The predicted molar refractivity (Wildman–Crippen MR) is 112 cm³/mol. The van der Waals surface area contributed by atoms with Gasteiger partial charge in [-0.25, -0.2) is 9.97 Å². The van der Waals surface area contributed by atoms with Crippen LogP contribution in [0.4, 0.5) is 0 Å². The van der Waals surface area contributed by atoms with E-state index in [-0.39, 0.29) is 28.7 Å². The van der Waals surface area contributed by atoms with Crippen molar-refractivity contribution in [2.75, 3.05) is 27.3 Å². The van der Waals surface area contributed by atoms with Gasteiger partial charge in [-0.3, -0.25) is 9.59 Å². The van der Waals surface area contributed by atoms with E-state index < -0.39 is 6.10 Å². The monoisotopic (exact) mass is 430 g/mol. The summed E-state index contributed by atoms with van der Waals surface area (Å²) in [6.45, 7) is 6.36. The third-order valence-corrected chi connectivity index (χ3v) is 5.18. The van der Waals surface area contributed by atoms with Gasteiger partial charge in [0.05, 0.1) is 31.6 Å². The number of ether oxygens (including phenoxy) is 2. The maximum atomic E-state index is 12.2. The van der Waals surface area contributed by atoms with Crippen molar-refractivity contribution in [1.29, 1.82) is 0 Å². The summed E-state index contributed by atoms with van der Waals surface area (Å²) in [4.78, 5) is 34.4. The SMILES string of the molecule is C=CC(=O)N1CCOC(c2cc(Cl)nc(-c3cc(C(=O)NC)ncc3OC)c2)C1C. The van der Waals surface area contributed by atoms with Crippen molar-refractivity contribution in [1.82, 2.24) is 20.2 Å². The molecule has 1 saturated heterocycles. The Morgan fingerprint density at radius 2 is 2.17 bits per heavy atom. The van der Waals surface area contributed by atoms with Gasteiger partial charge in [-0.15, -0.1) is 0 Å². The number of hydrogen-bond acceptors (Lipinski definition) is 6. The molecule has 30 heavy (non-hydrogen) atoms. The summed E-state index contributed by atoms with van der Waals surface area (Å²) >= 11 is 6.32. The van der Waals surface area contributed by atoms with E-state index in [1.165, 1.54) is 26.4 Å². The van der Waals surface area contributed by atoms with Crippen LogP contribution in [0.3, 0.4) is 0 Å². The number of hydrogen-bond donors (Lipinski definition) is 1. The molecule has 2 atom stereocenters. The molecular weight excluding hydrogens is 408 g/mol. The van der Waals surface area contributed by atoms with Crippen LogP contribution in [-0.4, -0.2) is 60.0 Å². The highest BCUT2D eigenvalue weighted by molar-refractivity contribution is 6.29. The van der Waals surface area contributed by atoms with Gasteiger partial charge in [0.1, 0.15) is 22.7 Å². The van der Waals surface area contributed by atoms with Gasteiger partial charge in [0.25, 0.3) is 5.91 Å². The summed E-state index contributed by atoms with van der Waals surface area (Å²) in [6.07, 6.45) is 2.37. The highest BCUT2D eigenvalue weighted by Gasteiger charge is 2.32. The number of carbonyl (C=O) groups excluding carboxylic acids is 2. The second kappa shape index (κ2) is 9.23. The minimum atomic E-state index is -0.395. The molecule has 0 saturated carbocycles. The molecule has 2 amide bonds. The maximum absolute atomic E-state index is 12.2. The molecule has 0 aliphatic carbocycles. The molecule has 1 aliphatic heterocycles. The molecule has 9 heteroatoms. The molecule has 8 nitrogen and oxygen atoms in total. The van der Waals surface area contributed by atoms with Gasteiger partial charge in [0.2, 0.25) is 5.91 Å². The molecule has 3 heterocycles. The van der Waals surface area contributed by atoms with Crippen molar-refractivity contribution in [3.8, 4) is 17.0 Å². The normalized spacial score (nSPS) is 18.6. The average molecular weight is 431 g/mol. The van der Waals surface area contributed by atoms with Crippen molar-refractivity contribution in [2.45, 2.75) is 19.1 Å². The lowest BCUT2D eigenvalue weighted by Crippen LogP contribution is -2.48. The number of halogens is 1. The first-order valence-electron chi connectivity index (χ1n) is 9.38. The molecular formula is C21H23ClN4O4. The number of methoxy groups -OCH3 is 1. The van der Waals surface area contributed by atoms with E-state index in [0.29, 0.717) is 30.2 Å². The third kappa shape index (κ3) is 4.29. The molecule has 0 spiro atoms. The third-order valence-electron chi connectivity index (χ3n) is 4.98. The first-order valence-corrected chi connectivity index (χ1v) is 9.76. The quantitative estimate of drug-likeness (QED) is 0.579. The largest absolute Gasteiger partial charge is 0.494 e. The smallest absolute Gasteiger partial charge is 0.269 e. The summed E-state index contributed by atoms with van der Waals surface area (Å²) in [7, 11) is 3.04. The van der Waals surface area contributed by atoms with Crippen molar-refractivity contribution in [3.63, 3.8) is 0 Å². The molecule has 158 valence electrons. The van der Waals surface area contributed by atoms with E-state index >= 15 is 0 Å². The summed E-state index contributed by atoms with van der Waals surface area (Å²) in [5.74, 6) is -0.0318. The second-order valence-corrected chi connectivity index (χ2v) is 7.11. The molecule has 0 radical (unpaired) electrons. The van der Waals surface area contributed by atoms with Crippen molar-refractivity contribution >= 4 is 23.4 Å². The van der Waals surface area contributed by atoms with Crippen LogP contribution in [-0.2, 0) is 9.53 Å². The second-order valence-electron chi connectivity index (χ2n) is 6.73. The van der Waals surface area contributed by atoms with Crippen LogP contribution >= 0.6 is 11.6 Å². The van der Waals surface area contributed by atoms with Gasteiger partial charge in [0.15, 0.2) is 0 Å². The Morgan fingerprint density at radius 1 is 1.40 bits per heavy atom. The van der Waals surface area contributed by atoms with Gasteiger partial charge in [0, 0.05) is 19.2 Å². The summed E-state index contributed by atoms with van der Waals surface area (Å²) in [5, 5.41) is 2.80. The number of aromatic nitrogens is 2. The van der Waals surface area contributed by atoms with Crippen molar-refractivity contribution in [2.24, 2.45) is 0 Å². The van der Waals surface area contributed by atoms with E-state index in [1.807, 2.05) is 13.0 Å². The van der Waals surface area contributed by atoms with E-state index in [1.54, 1.807) is 17.0 Å². The maximum Gasteiger partial charge on any atom is 0.269 e. The fourth-order valence-corrected chi connectivity index (χ4v) is 3.68. The van der Waals surface area contributed by atoms with Crippen molar-refractivity contribution in [3.05, 3.63) is 53.5 Å². The van der Waals surface area contributed by atoms with E-state index in [0.717, 1.165) is 5.56 Å². The number of morpholine rings is 1. The lowest BCUT2D eigenvalue weighted by molar-refractivity contribution is -0.140. The molecule has 2 aromatic rings. The number of rotatable bonds is 5. The molecule has 2 unspecified atom stereocenters. The minimum Gasteiger partial charge on any atom is -0.494 e. The van der Waals surface area contributed by atoms with Crippen LogP contribution in [0.2, 0.25) is 5.15 Å². The molecule has 1 aliphatic rings. The van der Waals surface area contributed by atoms with Crippen LogP contribution in [0.5, 0.6) is 5.75 Å². The Bertz CT molecular complexity index is 981. The Morgan fingerprint density at radius 3 is 2.83 bits per heavy atom. The molecule has 3 rings (SSSR count). The number of carbonyl (C=O) groups is 2. The van der Waals surface area contributed by atoms with Crippen LogP contribution in [0.1, 0.15) is 29.1 Å². The summed E-state index contributed by atoms with van der Waals surface area (Å²) in [5.41, 5.74) is 2.06. The Hall–Kier alpha value is -2.97. The van der Waals surface area contributed by atoms with Crippen molar-refractivity contribution < 1.29 is 19.1 Å². The first-order chi connectivity index (χ1) is 14.4. The van der Waals surface area contributed by atoms with Gasteiger partial charge < -0.3 is 19.7 Å². The standard InChI is InChI=1S/C21H23ClN4O4/c1-5-19(27)26-6-7-30-20(12(26)2)13-8-15(25-18(22)9-13)14-10-16(21(28)23-3)24-11-17(14)29-4/h5,8-12,20H,1,6-7H2,2-4H3,(H,23,28). The summed E-state index contributed by atoms with van der Waals surface area (Å²) < 4.78 is 11.4. The molecule has 0 bridgehead atoms. The Kier molecular flexibility index (Phi) is 6.69. The fourth-order valence-electron chi connectivity index (χ4n) is 3.46. The summed E-state index contributed by atoms with van der Waals surface area (Å²) in [6, 6.07) is 4.90. The van der Waals surface area contributed by atoms with E-state index in [2.05, 4.69) is 21.9 Å². The van der Waals surface area contributed by atoms with Gasteiger partial charge in [-0.05, 0) is 36.8 Å². The molecule has 1 N–H and O–H groups in total. The van der Waals surface area contributed by atoms with Crippen LogP contribution in [0, 0.1) is 0 Å². The zero-order valence-corrected chi connectivity index (χ0v) is 17.8. The Balaban J connectivity index is 2.05. The number of nitrogens with one attached hydrogen (secondary N) is 1. The Labute approximate surface area is 179 Å². The number of pyridine rings is 2. The molecule has 0 aromatic carbocycles. The zero-order chi connectivity index (χ0) is 21.8. The first kappa shape index (κ1) is 21.7. The minimum absolute atomic E-state index is 0.151. The van der Waals surface area contributed by atoms with Gasteiger partial charge >= 0.3 is 0 Å². The van der Waals surface area contributed by atoms with E-state index in [9.17, 15) is 9.59 Å². The fraction of sp³-hybridized carbons (Fsp3) is 0.333. The van der Waals surface area contributed by atoms with Crippen LogP contribution < -0.4 is 10.1 Å².